The minimum absolute atomic E-state index is 0.0428. The Morgan fingerprint density at radius 2 is 1.72 bits per heavy atom. The van der Waals surface area contributed by atoms with Gasteiger partial charge in [-0.2, -0.15) is 0 Å². The molecule has 0 spiro atoms. The van der Waals surface area contributed by atoms with E-state index in [1.807, 2.05) is 30.3 Å². The lowest BCUT2D eigenvalue weighted by Crippen LogP contribution is -2.26. The molecule has 0 unspecified atom stereocenters. The number of amides is 1. The summed E-state index contributed by atoms with van der Waals surface area (Å²) < 4.78 is 10.2. The zero-order chi connectivity index (χ0) is 22.3. The van der Waals surface area contributed by atoms with Crippen molar-refractivity contribution < 1.29 is 19.1 Å². The van der Waals surface area contributed by atoms with Crippen LogP contribution in [0.1, 0.15) is 39.5 Å². The molecule has 0 radical (unpaired) electrons. The van der Waals surface area contributed by atoms with Crippen molar-refractivity contribution >= 4 is 18.1 Å². The Kier molecular flexibility index (Phi) is 6.60. The molecule has 2 aromatic carbocycles. The Morgan fingerprint density at radius 3 is 2.41 bits per heavy atom. The minimum Gasteiger partial charge on any atom is -0.465 e. The summed E-state index contributed by atoms with van der Waals surface area (Å²) in [6.45, 7) is 0.726. The van der Waals surface area contributed by atoms with Crippen molar-refractivity contribution in [3.8, 4) is 11.1 Å². The molecule has 162 valence electrons. The van der Waals surface area contributed by atoms with E-state index in [1.54, 1.807) is 24.4 Å². The van der Waals surface area contributed by atoms with Gasteiger partial charge in [-0.25, -0.2) is 9.59 Å². The summed E-state index contributed by atoms with van der Waals surface area (Å²) in [5, 5.41) is 2.77. The van der Waals surface area contributed by atoms with Crippen molar-refractivity contribution in [1.82, 2.24) is 10.3 Å². The van der Waals surface area contributed by atoms with Gasteiger partial charge in [-0.3, -0.25) is 4.98 Å². The van der Waals surface area contributed by atoms with Crippen LogP contribution >= 0.6 is 0 Å². The molecule has 1 amide bonds. The van der Waals surface area contributed by atoms with E-state index < -0.39 is 12.1 Å². The van der Waals surface area contributed by atoms with E-state index in [0.717, 1.165) is 0 Å². The molecule has 3 aromatic rings. The van der Waals surface area contributed by atoms with E-state index in [-0.39, 0.29) is 5.92 Å². The Bertz CT molecular complexity index is 1110. The van der Waals surface area contributed by atoms with E-state index >= 15 is 0 Å². The van der Waals surface area contributed by atoms with Crippen molar-refractivity contribution in [1.29, 1.82) is 0 Å². The Labute approximate surface area is 186 Å². The molecular formula is C26H24N2O4. The van der Waals surface area contributed by atoms with E-state index in [9.17, 15) is 9.59 Å². The lowest BCUT2D eigenvalue weighted by molar-refractivity contribution is 0.0600. The number of nitrogens with one attached hydrogen (secondary N) is 1. The first kappa shape index (κ1) is 21.3. The number of benzene rings is 2. The number of aromatic nitrogens is 1. The number of rotatable bonds is 7. The quantitative estimate of drug-likeness (QED) is 0.432. The number of pyridine rings is 1. The van der Waals surface area contributed by atoms with Crippen molar-refractivity contribution in [2.45, 2.75) is 12.3 Å². The summed E-state index contributed by atoms with van der Waals surface area (Å²) in [6, 6.07) is 19.7. The number of methoxy groups -OCH3 is 1. The molecule has 0 fully saturated rings. The maximum Gasteiger partial charge on any atom is 0.407 e. The van der Waals surface area contributed by atoms with Gasteiger partial charge in [0, 0.05) is 18.7 Å². The molecule has 0 aliphatic heterocycles. The van der Waals surface area contributed by atoms with Gasteiger partial charge < -0.3 is 14.8 Å². The zero-order valence-corrected chi connectivity index (χ0v) is 17.8. The molecular weight excluding hydrogens is 404 g/mol. The maximum atomic E-state index is 12.2. The summed E-state index contributed by atoms with van der Waals surface area (Å²) in [5.74, 6) is -0.361. The number of carbonyl (C=O) groups excluding carboxylic acids is 2. The van der Waals surface area contributed by atoms with Crippen LogP contribution in [0.25, 0.3) is 17.2 Å². The highest BCUT2D eigenvalue weighted by atomic mass is 16.5. The number of esters is 1. The summed E-state index contributed by atoms with van der Waals surface area (Å²) in [4.78, 5) is 28.0. The normalized spacial score (nSPS) is 12.3. The number of hydrogen-bond donors (Lipinski definition) is 1. The molecule has 1 heterocycles. The first-order chi connectivity index (χ1) is 15.7. The standard InChI is InChI=1S/C26H24N2O4/c1-31-25(29)18-13-15-27-19(16-18)8-6-7-14-28-26(30)32-17-24-22-11-4-2-9-20(22)21-10-3-5-12-23(21)24/h2-6,8-13,15-16,24H,7,14,17H2,1H3,(H,28,30). The van der Waals surface area contributed by atoms with Gasteiger partial charge >= 0.3 is 12.1 Å². The van der Waals surface area contributed by atoms with Crippen LogP contribution in [0.3, 0.4) is 0 Å². The Hall–Kier alpha value is -3.93. The second-order valence-corrected chi connectivity index (χ2v) is 7.40. The van der Waals surface area contributed by atoms with Crippen LogP contribution in [0.5, 0.6) is 0 Å². The molecule has 32 heavy (non-hydrogen) atoms. The topological polar surface area (TPSA) is 77.5 Å². The number of ether oxygens (including phenoxy) is 2. The molecule has 4 rings (SSSR count). The average Bonchev–Trinajstić information content (AvgIpc) is 3.16. The smallest absolute Gasteiger partial charge is 0.407 e. The van der Waals surface area contributed by atoms with Crippen LogP contribution in [0.4, 0.5) is 4.79 Å². The molecule has 6 heteroatoms. The monoisotopic (exact) mass is 428 g/mol. The fraction of sp³-hybridized carbons (Fsp3) is 0.192. The number of nitrogens with zero attached hydrogens (tertiary/aromatic N) is 1. The predicted molar refractivity (Wildman–Crippen MR) is 122 cm³/mol. The summed E-state index contributed by atoms with van der Waals surface area (Å²) in [5.41, 5.74) is 5.87. The number of alkyl carbamates (subject to hydrolysis) is 1. The van der Waals surface area contributed by atoms with Gasteiger partial charge in [-0.15, -0.1) is 0 Å². The highest BCUT2D eigenvalue weighted by Gasteiger charge is 2.28. The van der Waals surface area contributed by atoms with Crippen molar-refractivity contribution in [2.24, 2.45) is 0 Å². The fourth-order valence-electron chi connectivity index (χ4n) is 3.90. The molecule has 1 aliphatic rings. The van der Waals surface area contributed by atoms with Crippen molar-refractivity contribution in [2.75, 3.05) is 20.3 Å². The van der Waals surface area contributed by atoms with Crippen LogP contribution in [-0.4, -0.2) is 37.3 Å². The number of fused-ring (bicyclic) bond motifs is 3. The SMILES string of the molecule is COC(=O)c1ccnc(C=CCCNC(=O)OCC2c3ccccc3-c3ccccc32)c1. The molecule has 0 atom stereocenters. The average molecular weight is 428 g/mol. The second-order valence-electron chi connectivity index (χ2n) is 7.40. The van der Waals surface area contributed by atoms with E-state index in [4.69, 9.17) is 9.47 Å². The summed E-state index contributed by atoms with van der Waals surface area (Å²) in [7, 11) is 1.34. The predicted octanol–water partition coefficient (Wildman–Crippen LogP) is 4.81. The highest BCUT2D eigenvalue weighted by molar-refractivity contribution is 5.89. The Balaban J connectivity index is 1.26. The summed E-state index contributed by atoms with van der Waals surface area (Å²) in [6.07, 6.45) is 5.40. The van der Waals surface area contributed by atoms with Gasteiger partial charge in [0.15, 0.2) is 0 Å². The first-order valence-corrected chi connectivity index (χ1v) is 10.5. The van der Waals surface area contributed by atoms with Crippen molar-refractivity contribution in [3.63, 3.8) is 0 Å². The first-order valence-electron chi connectivity index (χ1n) is 10.5. The molecule has 1 aliphatic carbocycles. The number of carbonyl (C=O) groups is 2. The van der Waals surface area contributed by atoms with Crippen LogP contribution in [0, 0.1) is 0 Å². The Morgan fingerprint density at radius 1 is 1.03 bits per heavy atom. The molecule has 0 saturated heterocycles. The van der Waals surface area contributed by atoms with Crippen LogP contribution in [0.2, 0.25) is 0 Å². The van der Waals surface area contributed by atoms with E-state index in [0.29, 0.717) is 30.8 Å². The summed E-state index contributed by atoms with van der Waals surface area (Å²) >= 11 is 0. The van der Waals surface area contributed by atoms with Crippen LogP contribution in [-0.2, 0) is 9.47 Å². The third-order valence-corrected chi connectivity index (χ3v) is 5.41. The van der Waals surface area contributed by atoms with Crippen molar-refractivity contribution in [3.05, 3.63) is 95.3 Å². The zero-order valence-electron chi connectivity index (χ0n) is 17.8. The molecule has 0 bridgehead atoms. The van der Waals surface area contributed by atoms with Gasteiger partial charge in [-0.05, 0) is 46.9 Å². The third-order valence-electron chi connectivity index (χ3n) is 5.41. The maximum absolute atomic E-state index is 12.2. The molecule has 0 saturated carbocycles. The molecule has 1 N–H and O–H groups in total. The molecule has 6 nitrogen and oxygen atoms in total. The van der Waals surface area contributed by atoms with Crippen LogP contribution < -0.4 is 5.32 Å². The van der Waals surface area contributed by atoms with Gasteiger partial charge in [0.1, 0.15) is 6.61 Å². The fourth-order valence-corrected chi connectivity index (χ4v) is 3.90. The van der Waals surface area contributed by atoms with Gasteiger partial charge in [-0.1, -0.05) is 54.6 Å². The lowest BCUT2D eigenvalue weighted by atomic mass is 9.98. The van der Waals surface area contributed by atoms with Crippen LogP contribution in [0.15, 0.2) is 72.9 Å². The minimum atomic E-state index is -0.439. The molecule has 1 aromatic heterocycles. The largest absolute Gasteiger partial charge is 0.465 e. The highest BCUT2D eigenvalue weighted by Crippen LogP contribution is 2.44. The van der Waals surface area contributed by atoms with Gasteiger partial charge in [0.2, 0.25) is 0 Å². The third kappa shape index (κ3) is 4.70. The van der Waals surface area contributed by atoms with E-state index in [2.05, 4.69) is 34.6 Å². The van der Waals surface area contributed by atoms with Gasteiger partial charge in [0.05, 0.1) is 18.4 Å². The van der Waals surface area contributed by atoms with Gasteiger partial charge in [0.25, 0.3) is 0 Å². The lowest BCUT2D eigenvalue weighted by Gasteiger charge is -2.14. The second kappa shape index (κ2) is 9.92. The number of hydrogen-bond acceptors (Lipinski definition) is 5. The van der Waals surface area contributed by atoms with E-state index in [1.165, 1.54) is 29.4 Å².